The van der Waals surface area contributed by atoms with Crippen LogP contribution in [0.1, 0.15) is 27.2 Å². The van der Waals surface area contributed by atoms with Gasteiger partial charge in [0.1, 0.15) is 10.4 Å². The third kappa shape index (κ3) is 6.16. The number of carbonyl (C=O) groups is 1. The van der Waals surface area contributed by atoms with Crippen LogP contribution in [-0.4, -0.2) is 67.5 Å². The molecule has 36 heavy (non-hydrogen) atoms. The second kappa shape index (κ2) is 11.9. The molecule has 1 atom stereocenters. The Morgan fingerprint density at radius 3 is 2.72 bits per heavy atom. The molecule has 1 amide bonds. The normalized spacial score (nSPS) is 19.0. The highest BCUT2D eigenvalue weighted by Crippen LogP contribution is 2.26. The third-order valence-electron chi connectivity index (χ3n) is 6.61. The molecular weight excluding hydrogens is 500 g/mol. The summed E-state index contributed by atoms with van der Waals surface area (Å²) in [5, 5.41) is 7.63. The molecule has 1 aromatic carbocycles. The zero-order valence-corrected chi connectivity index (χ0v) is 21.7. The molecule has 2 fully saturated rings. The molecule has 8 nitrogen and oxygen atoms in total. The maximum Gasteiger partial charge on any atom is 0.257 e. The number of morpholine rings is 2. The Morgan fingerprint density at radius 2 is 1.97 bits per heavy atom. The number of hydrogen-bond acceptors (Lipinski definition) is 7. The van der Waals surface area contributed by atoms with E-state index in [1.54, 1.807) is 29.7 Å². The fourth-order valence-electron chi connectivity index (χ4n) is 4.59. The number of nitrogens with one attached hydrogen (secondary N) is 2. The van der Waals surface area contributed by atoms with Crippen molar-refractivity contribution in [2.24, 2.45) is 0 Å². The quantitative estimate of drug-likeness (QED) is 0.466. The average molecular weight is 531 g/mol. The maximum atomic E-state index is 13.4. The van der Waals surface area contributed by atoms with Crippen LogP contribution in [0.15, 0.2) is 41.3 Å². The molecule has 4 heterocycles. The number of carbonyl (C=O) groups excluding carboxylic acids is 1. The van der Waals surface area contributed by atoms with Crippen LogP contribution in [-0.2, 0) is 29.1 Å². The fourth-order valence-corrected chi connectivity index (χ4v) is 5.91. The Bertz CT molecular complexity index is 1250. The van der Waals surface area contributed by atoms with Gasteiger partial charge in [0, 0.05) is 61.4 Å². The van der Waals surface area contributed by atoms with E-state index in [2.05, 4.69) is 20.1 Å². The number of fused-ring (bicyclic) bond motifs is 1. The van der Waals surface area contributed by atoms with Gasteiger partial charge in [0.2, 0.25) is 5.43 Å². The molecule has 2 N–H and O–H groups in total. The predicted octanol–water partition coefficient (Wildman–Crippen LogP) is 2.86. The molecule has 3 aromatic rings. The van der Waals surface area contributed by atoms with Crippen molar-refractivity contribution in [2.75, 3.05) is 46.1 Å². The van der Waals surface area contributed by atoms with E-state index in [-0.39, 0.29) is 22.9 Å². The lowest BCUT2D eigenvalue weighted by molar-refractivity contribution is 0.0346. The van der Waals surface area contributed by atoms with Crippen molar-refractivity contribution in [1.82, 2.24) is 20.1 Å². The van der Waals surface area contributed by atoms with Gasteiger partial charge in [0.15, 0.2) is 0 Å². The Labute approximate surface area is 219 Å². The summed E-state index contributed by atoms with van der Waals surface area (Å²) >= 11 is 7.60. The highest BCUT2D eigenvalue weighted by Gasteiger charge is 2.21. The third-order valence-corrected chi connectivity index (χ3v) is 8.02. The molecule has 5 rings (SSSR count). The largest absolute Gasteiger partial charge is 0.379 e. The first-order valence-electron chi connectivity index (χ1n) is 12.4. The highest BCUT2D eigenvalue weighted by atomic mass is 35.5. The monoisotopic (exact) mass is 530 g/mol. The number of aryl methyl sites for hydroxylation is 1. The lowest BCUT2D eigenvalue weighted by atomic mass is 10.1. The number of hydrogen-bond donors (Lipinski definition) is 2. The Balaban J connectivity index is 1.40. The molecule has 0 radical (unpaired) electrons. The van der Waals surface area contributed by atoms with E-state index in [1.165, 1.54) is 0 Å². The van der Waals surface area contributed by atoms with Gasteiger partial charge in [-0.15, -0.1) is 11.3 Å². The summed E-state index contributed by atoms with van der Waals surface area (Å²) in [5.41, 5.74) is 0.861. The number of pyridine rings is 1. The number of amides is 1. The van der Waals surface area contributed by atoms with E-state index in [9.17, 15) is 9.59 Å². The summed E-state index contributed by atoms with van der Waals surface area (Å²) in [5.74, 6) is -0.370. The van der Waals surface area contributed by atoms with E-state index < -0.39 is 0 Å². The Morgan fingerprint density at radius 1 is 1.17 bits per heavy atom. The second-order valence-electron chi connectivity index (χ2n) is 9.21. The summed E-state index contributed by atoms with van der Waals surface area (Å²) in [6.45, 7) is 7.24. The van der Waals surface area contributed by atoms with Crippen LogP contribution in [0.4, 0.5) is 0 Å². The summed E-state index contributed by atoms with van der Waals surface area (Å²) < 4.78 is 13.1. The van der Waals surface area contributed by atoms with E-state index in [0.29, 0.717) is 30.1 Å². The molecule has 10 heteroatoms. The molecule has 0 bridgehead atoms. The zero-order chi connectivity index (χ0) is 24.9. The SMILES string of the molecule is O=C(NCc1ccc(Cl)cc1)c1cn(CCC2COCCN2)c2sc(CN3CCOCC3)cc2c1=O. The minimum atomic E-state index is -0.370. The standard InChI is InChI=1S/C26H31ClN4O4S/c27-19-3-1-18(2-4-19)14-29-25(33)23-16-31(7-5-20-17-35-10-6-28-20)26-22(24(23)32)13-21(36-26)15-30-8-11-34-12-9-30/h1-4,13,16,20,28H,5-12,14-15,17H2,(H,29,33). The van der Waals surface area contributed by atoms with Crippen molar-refractivity contribution < 1.29 is 14.3 Å². The molecule has 0 spiro atoms. The summed E-state index contributed by atoms with van der Waals surface area (Å²) in [4.78, 5) is 30.9. The average Bonchev–Trinajstić information content (AvgIpc) is 3.33. The first kappa shape index (κ1) is 25.4. The summed E-state index contributed by atoms with van der Waals surface area (Å²) in [6.07, 6.45) is 2.57. The van der Waals surface area contributed by atoms with Gasteiger partial charge in [0.25, 0.3) is 5.91 Å². The molecule has 1 unspecified atom stereocenters. The van der Waals surface area contributed by atoms with Crippen LogP contribution in [0.2, 0.25) is 5.02 Å². The van der Waals surface area contributed by atoms with Gasteiger partial charge in [-0.2, -0.15) is 0 Å². The van der Waals surface area contributed by atoms with Crippen LogP contribution < -0.4 is 16.1 Å². The van der Waals surface area contributed by atoms with Crippen molar-refractivity contribution >= 4 is 39.1 Å². The first-order chi connectivity index (χ1) is 17.6. The molecule has 0 aliphatic carbocycles. The van der Waals surface area contributed by atoms with Crippen molar-refractivity contribution in [2.45, 2.75) is 32.1 Å². The number of aromatic nitrogens is 1. The van der Waals surface area contributed by atoms with Crippen LogP contribution in [0.5, 0.6) is 0 Å². The smallest absolute Gasteiger partial charge is 0.257 e. The lowest BCUT2D eigenvalue weighted by Crippen LogP contribution is -2.41. The van der Waals surface area contributed by atoms with Gasteiger partial charge in [-0.3, -0.25) is 14.5 Å². The number of nitrogens with zero attached hydrogens (tertiary/aromatic N) is 2. The molecule has 2 aliphatic rings. The van der Waals surface area contributed by atoms with Crippen LogP contribution in [0, 0.1) is 0 Å². The summed E-state index contributed by atoms with van der Waals surface area (Å²) in [7, 11) is 0. The van der Waals surface area contributed by atoms with Gasteiger partial charge in [-0.25, -0.2) is 0 Å². The van der Waals surface area contributed by atoms with Gasteiger partial charge in [0.05, 0.1) is 31.8 Å². The molecule has 192 valence electrons. The van der Waals surface area contributed by atoms with Gasteiger partial charge in [-0.1, -0.05) is 23.7 Å². The van der Waals surface area contributed by atoms with E-state index >= 15 is 0 Å². The van der Waals surface area contributed by atoms with Crippen LogP contribution in [0.25, 0.3) is 10.2 Å². The number of halogens is 1. The molecule has 2 saturated heterocycles. The molecule has 0 saturated carbocycles. The van der Waals surface area contributed by atoms with Crippen molar-refractivity contribution in [3.63, 3.8) is 0 Å². The lowest BCUT2D eigenvalue weighted by Gasteiger charge is -2.25. The number of ether oxygens (including phenoxy) is 2. The second-order valence-corrected chi connectivity index (χ2v) is 10.8. The number of thiophene rings is 1. The van der Waals surface area contributed by atoms with E-state index in [0.717, 1.165) is 67.7 Å². The molecule has 2 aromatic heterocycles. The van der Waals surface area contributed by atoms with Crippen molar-refractivity contribution in [1.29, 1.82) is 0 Å². The topological polar surface area (TPSA) is 84.8 Å². The van der Waals surface area contributed by atoms with E-state index in [1.807, 2.05) is 18.2 Å². The van der Waals surface area contributed by atoms with Crippen molar-refractivity contribution in [3.8, 4) is 0 Å². The van der Waals surface area contributed by atoms with Crippen LogP contribution >= 0.6 is 22.9 Å². The van der Waals surface area contributed by atoms with Gasteiger partial charge >= 0.3 is 0 Å². The number of benzene rings is 1. The van der Waals surface area contributed by atoms with Gasteiger partial charge in [-0.05, 0) is 30.2 Å². The summed E-state index contributed by atoms with van der Waals surface area (Å²) in [6, 6.07) is 9.51. The predicted molar refractivity (Wildman–Crippen MR) is 142 cm³/mol. The minimum Gasteiger partial charge on any atom is -0.379 e. The van der Waals surface area contributed by atoms with E-state index in [4.69, 9.17) is 21.1 Å². The first-order valence-corrected chi connectivity index (χ1v) is 13.6. The van der Waals surface area contributed by atoms with Crippen molar-refractivity contribution in [3.05, 3.63) is 67.8 Å². The Hall–Kier alpha value is -2.27. The molecular formula is C26H31ClN4O4S. The maximum absolute atomic E-state index is 13.4. The minimum absolute atomic E-state index is 0.167. The Kier molecular flexibility index (Phi) is 8.36. The highest BCUT2D eigenvalue weighted by molar-refractivity contribution is 7.18. The van der Waals surface area contributed by atoms with Crippen LogP contribution in [0.3, 0.4) is 0 Å². The van der Waals surface area contributed by atoms with Gasteiger partial charge < -0.3 is 24.7 Å². The fraction of sp³-hybridized carbons (Fsp3) is 0.462. The number of rotatable bonds is 8. The molecule has 2 aliphatic heterocycles. The zero-order valence-electron chi connectivity index (χ0n) is 20.1.